The maximum atomic E-state index is 13.6. The fraction of sp³-hybridized carbons (Fsp3) is 0.568. The van der Waals surface area contributed by atoms with E-state index in [1.54, 1.807) is 24.3 Å². The average Bonchev–Trinajstić information content (AvgIpc) is 3.61. The van der Waals surface area contributed by atoms with Gasteiger partial charge in [-0.15, -0.1) is 0 Å². The summed E-state index contributed by atoms with van der Waals surface area (Å²) in [6.45, 7) is 8.65. The number of benzene rings is 2. The molecular formula is C37H53N5O6. The Balaban J connectivity index is 1.37. The molecule has 1 saturated heterocycles. The highest BCUT2D eigenvalue weighted by Gasteiger charge is 2.33. The maximum Gasteiger partial charge on any atom is 0.252 e. The molecule has 4 atom stereocenters. The van der Waals surface area contributed by atoms with Crippen LogP contribution in [0, 0.1) is 5.92 Å². The number of nitrogens with zero attached hydrogens (tertiary/aromatic N) is 1. The number of likely N-dealkylation sites (tertiary alicyclic amines) is 1. The van der Waals surface area contributed by atoms with Gasteiger partial charge in [0.1, 0.15) is 24.4 Å². The Hall–Kier alpha value is -3.96. The molecule has 1 aliphatic carbocycles. The van der Waals surface area contributed by atoms with Crippen molar-refractivity contribution in [3.05, 3.63) is 65.7 Å². The number of ether oxygens (including phenoxy) is 1. The van der Waals surface area contributed by atoms with Crippen molar-refractivity contribution in [2.24, 2.45) is 5.92 Å². The molecule has 0 radical (unpaired) electrons. The normalized spacial score (nSPS) is 17.9. The molecule has 2 fully saturated rings. The SMILES string of the molecule is CC(NC(=O)C(Cc1ccccc1)NC(=O)c1cccc(OCCN2CCCC2)c1)C(=O)NC(C(C)C)C(O)C(=O)NC1CCCCC1. The Labute approximate surface area is 284 Å². The van der Waals surface area contributed by atoms with Gasteiger partial charge < -0.3 is 31.1 Å². The highest BCUT2D eigenvalue weighted by atomic mass is 16.5. The lowest BCUT2D eigenvalue weighted by Crippen LogP contribution is -2.59. The second-order valence-electron chi connectivity index (χ2n) is 13.4. The number of hydrogen-bond acceptors (Lipinski definition) is 7. The Morgan fingerprint density at radius 2 is 1.54 bits per heavy atom. The molecule has 1 heterocycles. The van der Waals surface area contributed by atoms with Crippen LogP contribution in [0.2, 0.25) is 0 Å². The van der Waals surface area contributed by atoms with Crippen LogP contribution in [0.5, 0.6) is 5.75 Å². The summed E-state index contributed by atoms with van der Waals surface area (Å²) in [5.41, 5.74) is 1.19. The third kappa shape index (κ3) is 11.3. The third-order valence-electron chi connectivity index (χ3n) is 9.22. The van der Waals surface area contributed by atoms with Crippen molar-refractivity contribution in [2.45, 2.75) is 102 Å². The van der Waals surface area contributed by atoms with Crippen LogP contribution < -0.4 is 26.0 Å². The quantitative estimate of drug-likeness (QED) is 0.186. The molecule has 2 aromatic carbocycles. The van der Waals surface area contributed by atoms with E-state index in [4.69, 9.17) is 4.74 Å². The van der Waals surface area contributed by atoms with E-state index in [0.717, 1.165) is 57.3 Å². The van der Waals surface area contributed by atoms with Gasteiger partial charge >= 0.3 is 0 Å². The number of hydrogen-bond donors (Lipinski definition) is 5. The van der Waals surface area contributed by atoms with E-state index < -0.39 is 47.9 Å². The minimum Gasteiger partial charge on any atom is -0.492 e. The summed E-state index contributed by atoms with van der Waals surface area (Å²) in [5, 5.41) is 22.2. The molecular weight excluding hydrogens is 610 g/mol. The molecule has 11 nitrogen and oxygen atoms in total. The Bertz CT molecular complexity index is 1340. The van der Waals surface area contributed by atoms with E-state index in [9.17, 15) is 24.3 Å². The topological polar surface area (TPSA) is 149 Å². The molecule has 0 spiro atoms. The van der Waals surface area contributed by atoms with E-state index in [2.05, 4.69) is 26.2 Å². The predicted octanol–water partition coefficient (Wildman–Crippen LogP) is 2.96. The van der Waals surface area contributed by atoms with Crippen LogP contribution in [-0.4, -0.2) is 90.1 Å². The summed E-state index contributed by atoms with van der Waals surface area (Å²) in [7, 11) is 0. The minimum atomic E-state index is -1.44. The number of rotatable bonds is 16. The van der Waals surface area contributed by atoms with Crippen molar-refractivity contribution in [1.29, 1.82) is 0 Å². The van der Waals surface area contributed by atoms with Gasteiger partial charge in [-0.2, -0.15) is 0 Å². The standard InChI is InChI=1S/C37H53N5O6/c1-25(2)32(33(43)37(47)39-29-16-8-5-9-17-29)41-34(44)26(3)38-36(46)31(23-27-13-6-4-7-14-27)40-35(45)28-15-12-18-30(24-28)48-22-21-42-19-10-11-20-42/h4,6-7,12-15,18,24-26,29,31-33,43H,5,8-11,16-17,19-23H2,1-3H3,(H,38,46)(H,39,47)(H,40,45)(H,41,44). The molecule has 262 valence electrons. The maximum absolute atomic E-state index is 13.6. The molecule has 4 rings (SSSR count). The first-order valence-corrected chi connectivity index (χ1v) is 17.5. The van der Waals surface area contributed by atoms with Crippen molar-refractivity contribution in [2.75, 3.05) is 26.2 Å². The molecule has 2 aliphatic rings. The van der Waals surface area contributed by atoms with Gasteiger partial charge in [0.2, 0.25) is 11.8 Å². The van der Waals surface area contributed by atoms with Gasteiger partial charge in [0, 0.05) is 24.6 Å². The number of carbonyl (C=O) groups excluding carboxylic acids is 4. The van der Waals surface area contributed by atoms with Gasteiger partial charge in [0.15, 0.2) is 6.10 Å². The van der Waals surface area contributed by atoms with E-state index in [1.807, 2.05) is 44.2 Å². The molecule has 1 aliphatic heterocycles. The smallest absolute Gasteiger partial charge is 0.252 e. The Morgan fingerprint density at radius 3 is 2.23 bits per heavy atom. The second kappa shape index (κ2) is 18.5. The monoisotopic (exact) mass is 663 g/mol. The average molecular weight is 664 g/mol. The highest BCUT2D eigenvalue weighted by Crippen LogP contribution is 2.18. The zero-order valence-electron chi connectivity index (χ0n) is 28.6. The number of nitrogens with one attached hydrogen (secondary N) is 4. The summed E-state index contributed by atoms with van der Waals surface area (Å²) >= 11 is 0. The van der Waals surface area contributed by atoms with Crippen molar-refractivity contribution in [3.8, 4) is 5.75 Å². The molecule has 0 bridgehead atoms. The second-order valence-corrected chi connectivity index (χ2v) is 13.4. The Kier molecular flexibility index (Phi) is 14.2. The fourth-order valence-electron chi connectivity index (χ4n) is 6.30. The third-order valence-corrected chi connectivity index (χ3v) is 9.22. The molecule has 4 amide bonds. The molecule has 11 heteroatoms. The summed E-state index contributed by atoms with van der Waals surface area (Å²) in [6.07, 6.45) is 6.13. The molecule has 1 saturated carbocycles. The van der Waals surface area contributed by atoms with Gasteiger partial charge in [-0.25, -0.2) is 0 Å². The van der Waals surface area contributed by atoms with Crippen LogP contribution in [0.3, 0.4) is 0 Å². The fourth-order valence-corrected chi connectivity index (χ4v) is 6.30. The van der Waals surface area contributed by atoms with Crippen LogP contribution in [0.25, 0.3) is 0 Å². The van der Waals surface area contributed by atoms with Gasteiger partial charge in [0.25, 0.3) is 11.8 Å². The largest absolute Gasteiger partial charge is 0.492 e. The summed E-state index contributed by atoms with van der Waals surface area (Å²) in [5.74, 6) is -1.72. The van der Waals surface area contributed by atoms with E-state index in [-0.39, 0.29) is 18.4 Å². The molecule has 2 aromatic rings. The summed E-state index contributed by atoms with van der Waals surface area (Å²) in [6, 6.07) is 13.4. The van der Waals surface area contributed by atoms with E-state index >= 15 is 0 Å². The van der Waals surface area contributed by atoms with Crippen LogP contribution in [0.15, 0.2) is 54.6 Å². The number of amides is 4. The number of carbonyl (C=O) groups is 4. The first-order valence-electron chi connectivity index (χ1n) is 17.5. The lowest BCUT2D eigenvalue weighted by molar-refractivity contribution is -0.135. The molecule has 4 unspecified atom stereocenters. The van der Waals surface area contributed by atoms with Crippen molar-refractivity contribution < 1.29 is 29.0 Å². The van der Waals surface area contributed by atoms with Crippen LogP contribution in [0.1, 0.15) is 81.6 Å². The van der Waals surface area contributed by atoms with Crippen LogP contribution in [0.4, 0.5) is 0 Å². The van der Waals surface area contributed by atoms with Gasteiger partial charge in [0.05, 0.1) is 6.04 Å². The number of aliphatic hydroxyl groups is 1. The van der Waals surface area contributed by atoms with Crippen molar-refractivity contribution >= 4 is 23.6 Å². The van der Waals surface area contributed by atoms with Crippen LogP contribution >= 0.6 is 0 Å². The summed E-state index contributed by atoms with van der Waals surface area (Å²) in [4.78, 5) is 55.5. The highest BCUT2D eigenvalue weighted by molar-refractivity contribution is 5.98. The zero-order valence-corrected chi connectivity index (χ0v) is 28.6. The van der Waals surface area contributed by atoms with E-state index in [0.29, 0.717) is 17.9 Å². The molecule has 5 N–H and O–H groups in total. The van der Waals surface area contributed by atoms with Crippen molar-refractivity contribution in [1.82, 2.24) is 26.2 Å². The predicted molar refractivity (Wildman–Crippen MR) is 184 cm³/mol. The van der Waals surface area contributed by atoms with Gasteiger partial charge in [-0.1, -0.05) is 69.5 Å². The lowest BCUT2D eigenvalue weighted by atomic mass is 9.93. The Morgan fingerprint density at radius 1 is 0.833 bits per heavy atom. The minimum absolute atomic E-state index is 0.0224. The van der Waals surface area contributed by atoms with Crippen molar-refractivity contribution in [3.63, 3.8) is 0 Å². The van der Waals surface area contributed by atoms with Gasteiger partial charge in [-0.05, 0) is 75.4 Å². The lowest BCUT2D eigenvalue weighted by Gasteiger charge is -2.30. The molecule has 0 aromatic heterocycles. The van der Waals surface area contributed by atoms with E-state index in [1.165, 1.54) is 19.8 Å². The first-order chi connectivity index (χ1) is 23.1. The van der Waals surface area contributed by atoms with Crippen LogP contribution in [-0.2, 0) is 20.8 Å². The summed E-state index contributed by atoms with van der Waals surface area (Å²) < 4.78 is 5.92. The number of aliphatic hydroxyl groups excluding tert-OH is 1. The first kappa shape index (κ1) is 36.9. The molecule has 48 heavy (non-hydrogen) atoms. The van der Waals surface area contributed by atoms with Gasteiger partial charge in [-0.3, -0.25) is 24.1 Å². The zero-order chi connectivity index (χ0) is 34.5.